The molecule has 96 valence electrons. The number of hydrogen-bond acceptors (Lipinski definition) is 4. The summed E-state index contributed by atoms with van der Waals surface area (Å²) >= 11 is 0. The normalized spacial score (nSPS) is 12.2. The molecule has 1 aromatic rings. The van der Waals surface area contributed by atoms with Crippen LogP contribution in [0.1, 0.15) is 6.92 Å². The lowest BCUT2D eigenvalue weighted by atomic mass is 10.2. The molecule has 17 heavy (non-hydrogen) atoms. The van der Waals surface area contributed by atoms with Crippen LogP contribution in [0.25, 0.3) is 0 Å². The zero-order valence-corrected chi connectivity index (χ0v) is 10.7. The number of benzene rings is 1. The predicted octanol–water partition coefficient (Wildman–Crippen LogP) is 1.53. The summed E-state index contributed by atoms with van der Waals surface area (Å²) in [6.07, 6.45) is -0.475. The number of nitrogens with zero attached hydrogens (tertiary/aromatic N) is 1. The Balaban J connectivity index is 2.53. The number of methoxy groups -OCH3 is 1. The second kappa shape index (κ2) is 7.14. The summed E-state index contributed by atoms with van der Waals surface area (Å²) in [5.74, 6) is 0.863. The van der Waals surface area contributed by atoms with Crippen LogP contribution in [-0.2, 0) is 4.74 Å². The molecule has 0 aromatic heterocycles. The molecule has 0 saturated carbocycles. The highest BCUT2D eigenvalue weighted by Gasteiger charge is 2.08. The number of ether oxygens (including phenoxy) is 2. The van der Waals surface area contributed by atoms with E-state index in [1.165, 1.54) is 0 Å². The molecular formula is C13H21NO3. The molecule has 0 radical (unpaired) electrons. The molecule has 1 atom stereocenters. The van der Waals surface area contributed by atoms with Crippen LogP contribution in [0.3, 0.4) is 0 Å². The Morgan fingerprint density at radius 1 is 1.29 bits per heavy atom. The Kier molecular flexibility index (Phi) is 5.80. The number of likely N-dealkylation sites (N-methyl/N-ethyl adjacent to an activating group) is 1. The molecule has 1 rings (SSSR count). The van der Waals surface area contributed by atoms with Gasteiger partial charge in [-0.15, -0.1) is 0 Å². The van der Waals surface area contributed by atoms with Crippen molar-refractivity contribution < 1.29 is 14.6 Å². The van der Waals surface area contributed by atoms with Gasteiger partial charge in [0, 0.05) is 26.4 Å². The van der Waals surface area contributed by atoms with Gasteiger partial charge >= 0.3 is 0 Å². The molecule has 4 heteroatoms. The molecule has 0 fully saturated rings. The van der Waals surface area contributed by atoms with Gasteiger partial charge in [-0.3, -0.25) is 0 Å². The molecular weight excluding hydrogens is 218 g/mol. The molecule has 0 spiro atoms. The monoisotopic (exact) mass is 239 g/mol. The zero-order valence-electron chi connectivity index (χ0n) is 10.7. The number of hydrogen-bond donors (Lipinski definition) is 1. The van der Waals surface area contributed by atoms with Crippen molar-refractivity contribution in [2.45, 2.75) is 13.0 Å². The highest BCUT2D eigenvalue weighted by Crippen LogP contribution is 2.18. The van der Waals surface area contributed by atoms with Crippen LogP contribution in [0.2, 0.25) is 0 Å². The van der Waals surface area contributed by atoms with Gasteiger partial charge in [0.15, 0.2) is 0 Å². The highest BCUT2D eigenvalue weighted by molar-refractivity contribution is 5.48. The molecule has 0 bridgehead atoms. The molecule has 0 aliphatic carbocycles. The molecule has 0 aliphatic heterocycles. The van der Waals surface area contributed by atoms with Gasteiger partial charge in [-0.1, -0.05) is 0 Å². The van der Waals surface area contributed by atoms with Gasteiger partial charge in [0.1, 0.15) is 5.75 Å². The van der Waals surface area contributed by atoms with Crippen LogP contribution in [0.5, 0.6) is 5.75 Å². The van der Waals surface area contributed by atoms with Crippen molar-refractivity contribution >= 4 is 5.69 Å². The van der Waals surface area contributed by atoms with Gasteiger partial charge in [0.2, 0.25) is 0 Å². The number of aliphatic hydroxyl groups is 1. The molecule has 0 aliphatic rings. The van der Waals surface area contributed by atoms with E-state index in [1.54, 1.807) is 7.11 Å². The number of anilines is 1. The molecule has 0 amide bonds. The third kappa shape index (κ3) is 4.63. The first-order valence-electron chi connectivity index (χ1n) is 5.78. The summed E-state index contributed by atoms with van der Waals surface area (Å²) in [4.78, 5) is 1.99. The predicted molar refractivity (Wildman–Crippen MR) is 68.8 cm³/mol. The second-order valence-electron chi connectivity index (χ2n) is 3.92. The quantitative estimate of drug-likeness (QED) is 0.783. The fraction of sp³-hybridized carbons (Fsp3) is 0.538. The Bertz CT molecular complexity index is 313. The lowest BCUT2D eigenvalue weighted by Crippen LogP contribution is -2.31. The van der Waals surface area contributed by atoms with Gasteiger partial charge in [-0.2, -0.15) is 0 Å². The van der Waals surface area contributed by atoms with E-state index in [2.05, 4.69) is 0 Å². The number of rotatable bonds is 7. The topological polar surface area (TPSA) is 41.9 Å². The summed E-state index contributed by atoms with van der Waals surface area (Å²) in [7, 11) is 3.52. The fourth-order valence-corrected chi connectivity index (χ4v) is 1.63. The summed E-state index contributed by atoms with van der Waals surface area (Å²) < 4.78 is 10.3. The summed E-state index contributed by atoms with van der Waals surface area (Å²) in [5, 5.41) is 9.63. The first-order chi connectivity index (χ1) is 8.17. The van der Waals surface area contributed by atoms with Crippen LogP contribution in [0.4, 0.5) is 5.69 Å². The van der Waals surface area contributed by atoms with Crippen LogP contribution >= 0.6 is 0 Å². The maximum Gasteiger partial charge on any atom is 0.119 e. The average molecular weight is 239 g/mol. The van der Waals surface area contributed by atoms with E-state index in [0.29, 0.717) is 19.8 Å². The molecule has 0 unspecified atom stereocenters. The Morgan fingerprint density at radius 3 is 2.47 bits per heavy atom. The fourth-order valence-electron chi connectivity index (χ4n) is 1.63. The molecule has 0 heterocycles. The number of aliphatic hydroxyl groups excluding tert-OH is 1. The second-order valence-corrected chi connectivity index (χ2v) is 3.92. The van der Waals surface area contributed by atoms with Crippen molar-refractivity contribution in [1.29, 1.82) is 0 Å². The van der Waals surface area contributed by atoms with Gasteiger partial charge in [0.25, 0.3) is 0 Å². The van der Waals surface area contributed by atoms with Crippen LogP contribution in [-0.4, -0.2) is 45.1 Å². The van der Waals surface area contributed by atoms with Gasteiger partial charge in [0.05, 0.1) is 19.3 Å². The summed E-state index contributed by atoms with van der Waals surface area (Å²) in [5.41, 5.74) is 1.05. The van der Waals surface area contributed by atoms with E-state index < -0.39 is 6.10 Å². The van der Waals surface area contributed by atoms with Crippen LogP contribution in [0, 0.1) is 0 Å². The SMILES string of the molecule is CCOc1ccc(N(C)C[C@@H](O)COC)cc1. The van der Waals surface area contributed by atoms with E-state index in [-0.39, 0.29) is 0 Å². The Morgan fingerprint density at radius 2 is 1.94 bits per heavy atom. The minimum atomic E-state index is -0.475. The van der Waals surface area contributed by atoms with Gasteiger partial charge in [-0.05, 0) is 31.2 Å². The van der Waals surface area contributed by atoms with Crippen molar-refractivity contribution in [3.8, 4) is 5.75 Å². The largest absolute Gasteiger partial charge is 0.494 e. The van der Waals surface area contributed by atoms with E-state index >= 15 is 0 Å². The molecule has 0 saturated heterocycles. The van der Waals surface area contributed by atoms with Crippen molar-refractivity contribution in [1.82, 2.24) is 0 Å². The maximum absolute atomic E-state index is 9.63. The van der Waals surface area contributed by atoms with Gasteiger partial charge in [-0.25, -0.2) is 0 Å². The molecule has 4 nitrogen and oxygen atoms in total. The minimum Gasteiger partial charge on any atom is -0.494 e. The van der Waals surface area contributed by atoms with Gasteiger partial charge < -0.3 is 19.5 Å². The third-order valence-corrected chi connectivity index (χ3v) is 2.43. The first kappa shape index (κ1) is 13.8. The lowest BCUT2D eigenvalue weighted by Gasteiger charge is -2.22. The Labute approximate surface area is 103 Å². The van der Waals surface area contributed by atoms with E-state index in [9.17, 15) is 5.11 Å². The van der Waals surface area contributed by atoms with Crippen LogP contribution in [0.15, 0.2) is 24.3 Å². The zero-order chi connectivity index (χ0) is 12.7. The molecule has 1 N–H and O–H groups in total. The van der Waals surface area contributed by atoms with Crippen molar-refractivity contribution in [3.05, 3.63) is 24.3 Å². The van der Waals surface area contributed by atoms with Crippen molar-refractivity contribution in [2.75, 3.05) is 38.8 Å². The third-order valence-electron chi connectivity index (χ3n) is 2.43. The Hall–Kier alpha value is -1.26. The minimum absolute atomic E-state index is 0.349. The van der Waals surface area contributed by atoms with E-state index in [4.69, 9.17) is 9.47 Å². The average Bonchev–Trinajstić information content (AvgIpc) is 2.30. The lowest BCUT2D eigenvalue weighted by molar-refractivity contribution is 0.0695. The van der Waals surface area contributed by atoms with Crippen LogP contribution < -0.4 is 9.64 Å². The highest BCUT2D eigenvalue weighted by atomic mass is 16.5. The standard InChI is InChI=1S/C13H21NO3/c1-4-17-13-7-5-11(6-8-13)14(2)9-12(15)10-16-3/h5-8,12,15H,4,9-10H2,1-3H3/t12-/m1/s1. The first-order valence-corrected chi connectivity index (χ1v) is 5.78. The summed E-state index contributed by atoms with van der Waals surface area (Å²) in [6, 6.07) is 7.81. The van der Waals surface area contributed by atoms with Crippen molar-refractivity contribution in [3.63, 3.8) is 0 Å². The smallest absolute Gasteiger partial charge is 0.119 e. The van der Waals surface area contributed by atoms with E-state index in [1.807, 2.05) is 43.1 Å². The van der Waals surface area contributed by atoms with Crippen molar-refractivity contribution in [2.24, 2.45) is 0 Å². The maximum atomic E-state index is 9.63. The molecule has 1 aromatic carbocycles. The van der Waals surface area contributed by atoms with E-state index in [0.717, 1.165) is 11.4 Å². The summed E-state index contributed by atoms with van der Waals surface area (Å²) in [6.45, 7) is 3.52.